The molecule has 0 aliphatic rings. The number of anilines is 1. The van der Waals surface area contributed by atoms with Gasteiger partial charge in [0.1, 0.15) is 10.9 Å². The van der Waals surface area contributed by atoms with Gasteiger partial charge in [-0.2, -0.15) is 23.3 Å². The minimum atomic E-state index is -4.71. The van der Waals surface area contributed by atoms with Gasteiger partial charge in [0.25, 0.3) is 0 Å². The van der Waals surface area contributed by atoms with Gasteiger partial charge in [-0.1, -0.05) is 11.6 Å². The Morgan fingerprint density at radius 2 is 1.50 bits per heavy atom. The predicted octanol–water partition coefficient (Wildman–Crippen LogP) is 6.85. The molecule has 182 valence electrons. The van der Waals surface area contributed by atoms with Crippen LogP contribution in [0.15, 0.2) is 47.6 Å². The zero-order chi connectivity index (χ0) is 25.5. The van der Waals surface area contributed by atoms with Gasteiger partial charge in [0.05, 0.1) is 11.8 Å². The van der Waals surface area contributed by atoms with Crippen molar-refractivity contribution in [3.05, 3.63) is 75.4 Å². The Labute approximate surface area is 199 Å². The highest BCUT2D eigenvalue weighted by Gasteiger charge is 2.31. The molecule has 34 heavy (non-hydrogen) atoms. The van der Waals surface area contributed by atoms with Gasteiger partial charge in [-0.05, 0) is 67.4 Å². The van der Waals surface area contributed by atoms with Gasteiger partial charge in [0.2, 0.25) is 5.28 Å². The van der Waals surface area contributed by atoms with Crippen LogP contribution in [-0.2, 0) is 6.18 Å². The van der Waals surface area contributed by atoms with E-state index in [1.165, 1.54) is 37.4 Å². The van der Waals surface area contributed by atoms with Crippen molar-refractivity contribution in [2.75, 3.05) is 5.43 Å². The topological polar surface area (TPSA) is 72.3 Å². The summed E-state index contributed by atoms with van der Waals surface area (Å²) in [6.07, 6.45) is -7.64. The summed E-state index contributed by atoms with van der Waals surface area (Å²) in [5.41, 5.74) is 3.40. The quantitative estimate of drug-likeness (QED) is 0.133. The molecule has 0 radical (unpaired) electrons. The van der Waals surface area contributed by atoms with Gasteiger partial charge < -0.3 is 4.74 Å². The van der Waals surface area contributed by atoms with Crippen molar-refractivity contribution in [3.63, 3.8) is 0 Å². The zero-order valence-electron chi connectivity index (χ0n) is 17.3. The molecule has 2 aromatic heterocycles. The second-order valence-electron chi connectivity index (χ2n) is 6.47. The Balaban J connectivity index is 0.000000287. The van der Waals surface area contributed by atoms with E-state index in [1.807, 2.05) is 0 Å². The van der Waals surface area contributed by atoms with Gasteiger partial charge in [0, 0.05) is 17.5 Å². The number of halogens is 8. The molecule has 0 saturated carbocycles. The summed E-state index contributed by atoms with van der Waals surface area (Å²) in [4.78, 5) is 11.4. The number of hydrogen-bond acceptors (Lipinski definition) is 6. The van der Waals surface area contributed by atoms with Crippen LogP contribution in [0.3, 0.4) is 0 Å². The highest BCUT2D eigenvalue weighted by atomic mass is 35.5. The van der Waals surface area contributed by atoms with E-state index in [2.05, 4.69) is 30.2 Å². The van der Waals surface area contributed by atoms with Crippen LogP contribution in [0.5, 0.6) is 5.75 Å². The van der Waals surface area contributed by atoms with Gasteiger partial charge in [0.15, 0.2) is 5.82 Å². The number of nitrogens with one attached hydrogen (secondary N) is 1. The lowest BCUT2D eigenvalue weighted by atomic mass is 10.2. The average molecular weight is 526 g/mol. The van der Waals surface area contributed by atoms with Crippen LogP contribution < -0.4 is 10.2 Å². The SMILES string of the molecule is Cc1cc(C(F)(F)F)cc(Cl)n1.Cc1cc(N/N=C/c2ccc(OC(F)(F)F)cc2)nc(Cl)n1. The Morgan fingerprint density at radius 3 is 2.03 bits per heavy atom. The molecule has 0 bridgehead atoms. The number of aryl methyl sites for hydroxylation is 2. The molecule has 2 heterocycles. The molecule has 3 aromatic rings. The van der Waals surface area contributed by atoms with Crippen molar-refractivity contribution in [2.24, 2.45) is 5.10 Å². The highest BCUT2D eigenvalue weighted by Crippen LogP contribution is 2.30. The predicted molar refractivity (Wildman–Crippen MR) is 115 cm³/mol. The van der Waals surface area contributed by atoms with Gasteiger partial charge in [-0.3, -0.25) is 5.43 Å². The van der Waals surface area contributed by atoms with Crippen LogP contribution in [-0.4, -0.2) is 27.5 Å². The summed E-state index contributed by atoms with van der Waals surface area (Å²) in [6, 6.07) is 8.65. The standard InChI is InChI=1S/C13H10ClF3N4O.C7H5ClF3N/c1-8-6-11(20-12(14)19-8)21-18-7-9-2-4-10(5-3-9)22-13(15,16)17;1-4-2-5(7(9,10)11)3-6(8)12-4/h2-7H,1H3,(H,19,20,21);2-3H,1H3/b18-7+;. The van der Waals surface area contributed by atoms with Crippen molar-refractivity contribution in [3.8, 4) is 5.75 Å². The molecule has 3 rings (SSSR count). The minimum absolute atomic E-state index is 0.0892. The first-order chi connectivity index (χ1) is 15.7. The first-order valence-electron chi connectivity index (χ1n) is 9.09. The first kappa shape index (κ1) is 27.1. The summed E-state index contributed by atoms with van der Waals surface area (Å²) >= 11 is 11.0. The second-order valence-corrected chi connectivity index (χ2v) is 7.19. The number of alkyl halides is 6. The van der Waals surface area contributed by atoms with Crippen molar-refractivity contribution in [1.82, 2.24) is 15.0 Å². The second kappa shape index (κ2) is 11.3. The molecule has 0 aliphatic heterocycles. The van der Waals surface area contributed by atoms with E-state index in [-0.39, 0.29) is 21.9 Å². The number of nitrogens with zero attached hydrogens (tertiary/aromatic N) is 4. The molecule has 0 atom stereocenters. The third-order valence-electron chi connectivity index (χ3n) is 3.58. The Bertz CT molecular complexity index is 1100. The monoisotopic (exact) mass is 525 g/mol. The van der Waals surface area contributed by atoms with Crippen molar-refractivity contribution >= 4 is 35.2 Å². The molecule has 0 unspecified atom stereocenters. The van der Waals surface area contributed by atoms with Gasteiger partial charge in [-0.25, -0.2) is 9.97 Å². The fourth-order valence-electron chi connectivity index (χ4n) is 2.31. The highest BCUT2D eigenvalue weighted by molar-refractivity contribution is 6.29. The average Bonchev–Trinajstić information content (AvgIpc) is 2.66. The van der Waals surface area contributed by atoms with E-state index < -0.39 is 18.1 Å². The molecule has 0 saturated heterocycles. The van der Waals surface area contributed by atoms with E-state index in [1.54, 1.807) is 13.0 Å². The number of pyridine rings is 1. The minimum Gasteiger partial charge on any atom is -0.406 e. The van der Waals surface area contributed by atoms with E-state index in [9.17, 15) is 26.3 Å². The van der Waals surface area contributed by atoms with Crippen molar-refractivity contribution < 1.29 is 31.1 Å². The maximum Gasteiger partial charge on any atom is 0.573 e. The number of aromatic nitrogens is 3. The maximum atomic E-state index is 12.1. The molecule has 0 fully saturated rings. The molecule has 1 aromatic carbocycles. The summed E-state index contributed by atoms with van der Waals surface area (Å²) in [7, 11) is 0. The van der Waals surface area contributed by atoms with Gasteiger partial charge in [-0.15, -0.1) is 13.2 Å². The van der Waals surface area contributed by atoms with Crippen LogP contribution in [0, 0.1) is 13.8 Å². The van der Waals surface area contributed by atoms with Crippen molar-refractivity contribution in [1.29, 1.82) is 0 Å². The van der Waals surface area contributed by atoms with Crippen LogP contribution in [0.1, 0.15) is 22.5 Å². The van der Waals surface area contributed by atoms with E-state index in [0.29, 0.717) is 17.1 Å². The fraction of sp³-hybridized carbons (Fsp3) is 0.200. The zero-order valence-corrected chi connectivity index (χ0v) is 18.9. The maximum absolute atomic E-state index is 12.1. The van der Waals surface area contributed by atoms with Crippen molar-refractivity contribution in [2.45, 2.75) is 26.4 Å². The van der Waals surface area contributed by atoms with E-state index >= 15 is 0 Å². The molecular formula is C20H15Cl2F6N5O. The number of rotatable bonds is 4. The lowest BCUT2D eigenvalue weighted by molar-refractivity contribution is -0.274. The van der Waals surface area contributed by atoms with Gasteiger partial charge >= 0.3 is 12.5 Å². The van der Waals surface area contributed by atoms with Crippen LogP contribution in [0.25, 0.3) is 0 Å². The van der Waals surface area contributed by atoms with Crippen LogP contribution in [0.2, 0.25) is 10.4 Å². The summed E-state index contributed by atoms with van der Waals surface area (Å²) < 4.78 is 76.0. The van der Waals surface area contributed by atoms with E-state index in [0.717, 1.165) is 12.1 Å². The Morgan fingerprint density at radius 1 is 0.882 bits per heavy atom. The number of hydrazone groups is 1. The lowest BCUT2D eigenvalue weighted by Crippen LogP contribution is -2.17. The molecule has 14 heteroatoms. The Kier molecular flexibility index (Phi) is 9.05. The normalized spacial score (nSPS) is 11.7. The van der Waals surface area contributed by atoms with Crippen LogP contribution in [0.4, 0.5) is 32.2 Å². The molecule has 6 nitrogen and oxygen atoms in total. The summed E-state index contributed by atoms with van der Waals surface area (Å²) in [5.74, 6) is 0.113. The summed E-state index contributed by atoms with van der Waals surface area (Å²) in [5, 5.41) is 3.86. The lowest BCUT2D eigenvalue weighted by Gasteiger charge is -2.08. The first-order valence-corrected chi connectivity index (χ1v) is 9.84. The Hall–Kier alpha value is -3.12. The summed E-state index contributed by atoms with van der Waals surface area (Å²) in [6.45, 7) is 3.21. The molecular weight excluding hydrogens is 511 g/mol. The largest absolute Gasteiger partial charge is 0.573 e. The fourth-order valence-corrected chi connectivity index (χ4v) is 2.79. The number of hydrogen-bond donors (Lipinski definition) is 1. The molecule has 0 amide bonds. The molecule has 0 spiro atoms. The molecule has 0 aliphatic carbocycles. The third kappa shape index (κ3) is 9.79. The number of ether oxygens (including phenoxy) is 1. The van der Waals surface area contributed by atoms with Crippen LogP contribution >= 0.6 is 23.2 Å². The third-order valence-corrected chi connectivity index (χ3v) is 3.95. The molecule has 1 N–H and O–H groups in total. The smallest absolute Gasteiger partial charge is 0.406 e. The van der Waals surface area contributed by atoms with E-state index in [4.69, 9.17) is 23.2 Å². The number of benzene rings is 1.